The molecule has 2 rings (SSSR count). The fraction of sp³-hybridized carbons (Fsp3) is 0.474. The monoisotopic (exact) mass is 330 g/mol. The highest BCUT2D eigenvalue weighted by Crippen LogP contribution is 2.18. The minimum absolute atomic E-state index is 0.00150. The van der Waals surface area contributed by atoms with Gasteiger partial charge in [-0.05, 0) is 39.7 Å². The molecule has 5 nitrogen and oxygen atoms in total. The van der Waals surface area contributed by atoms with Crippen molar-refractivity contribution in [1.82, 2.24) is 10.3 Å². The number of carbonyl (C=O) groups is 2. The molecule has 0 bridgehead atoms. The first-order chi connectivity index (χ1) is 11.6. The number of aromatic nitrogens is 1. The molecule has 0 spiro atoms. The van der Waals surface area contributed by atoms with Gasteiger partial charge >= 0.3 is 0 Å². The van der Waals surface area contributed by atoms with Crippen molar-refractivity contribution in [3.05, 3.63) is 36.0 Å². The van der Waals surface area contributed by atoms with Crippen LogP contribution in [0, 0.1) is 0 Å². The zero-order valence-electron chi connectivity index (χ0n) is 14.8. The predicted molar refractivity (Wildman–Crippen MR) is 96.4 cm³/mol. The number of aromatic amines is 1. The Balaban J connectivity index is 1.88. The number of H-pyrrole nitrogens is 1. The third-order valence-corrected chi connectivity index (χ3v) is 4.59. The number of nitrogens with one attached hydrogen (secondary N) is 3. The van der Waals surface area contributed by atoms with Crippen LogP contribution in [0.3, 0.4) is 0 Å². The molecule has 0 aliphatic rings. The largest absolute Gasteiger partial charge is 0.360 e. The minimum atomic E-state index is -0.526. The topological polar surface area (TPSA) is 66.4 Å². The van der Waals surface area contributed by atoms with E-state index in [-0.39, 0.29) is 6.04 Å². The predicted octanol–water partition coefficient (Wildman–Crippen LogP) is 1.56. The van der Waals surface area contributed by atoms with E-state index in [1.165, 1.54) is 0 Å². The molecule has 24 heavy (non-hydrogen) atoms. The van der Waals surface area contributed by atoms with Crippen LogP contribution in [-0.2, 0) is 4.79 Å². The van der Waals surface area contributed by atoms with Gasteiger partial charge in [-0.1, -0.05) is 18.2 Å². The van der Waals surface area contributed by atoms with E-state index < -0.39 is 11.7 Å². The van der Waals surface area contributed by atoms with Gasteiger partial charge in [0.15, 0.2) is 0 Å². The van der Waals surface area contributed by atoms with Crippen molar-refractivity contribution >= 4 is 22.6 Å². The number of fused-ring (bicyclic) bond motifs is 1. The lowest BCUT2D eigenvalue weighted by Crippen LogP contribution is -3.11. The van der Waals surface area contributed by atoms with E-state index in [4.69, 9.17) is 0 Å². The SMILES string of the molecule is CC[NH+](CC)CCC[C@@H](C)NC(=O)C(=O)c1c[nH]c2ccccc12. The summed E-state index contributed by atoms with van der Waals surface area (Å²) in [5.41, 5.74) is 1.30. The van der Waals surface area contributed by atoms with Gasteiger partial charge in [-0.2, -0.15) is 0 Å². The number of para-hydroxylation sites is 1. The summed E-state index contributed by atoms with van der Waals surface area (Å²) in [6, 6.07) is 7.50. The number of ketones is 1. The maximum Gasteiger partial charge on any atom is 0.292 e. The van der Waals surface area contributed by atoms with Gasteiger partial charge in [0.25, 0.3) is 11.7 Å². The van der Waals surface area contributed by atoms with Crippen molar-refractivity contribution in [3.63, 3.8) is 0 Å². The first kappa shape index (κ1) is 18.2. The third kappa shape index (κ3) is 4.45. The molecular formula is C19H28N3O2+. The number of carbonyl (C=O) groups excluding carboxylic acids is 2. The number of hydrogen-bond donors (Lipinski definition) is 3. The molecule has 0 saturated carbocycles. The molecule has 5 heteroatoms. The van der Waals surface area contributed by atoms with Gasteiger partial charge in [-0.3, -0.25) is 9.59 Å². The zero-order valence-corrected chi connectivity index (χ0v) is 14.8. The van der Waals surface area contributed by atoms with Gasteiger partial charge in [0.1, 0.15) is 0 Å². The van der Waals surface area contributed by atoms with E-state index in [0.717, 1.165) is 43.4 Å². The highest BCUT2D eigenvalue weighted by atomic mass is 16.2. The first-order valence-corrected chi connectivity index (χ1v) is 8.81. The summed E-state index contributed by atoms with van der Waals surface area (Å²) in [4.78, 5) is 29.2. The van der Waals surface area contributed by atoms with Crippen molar-refractivity contribution in [2.24, 2.45) is 0 Å². The highest BCUT2D eigenvalue weighted by Gasteiger charge is 2.21. The molecule has 1 heterocycles. The van der Waals surface area contributed by atoms with Crippen LogP contribution in [0.15, 0.2) is 30.5 Å². The first-order valence-electron chi connectivity index (χ1n) is 8.81. The van der Waals surface area contributed by atoms with Crippen LogP contribution >= 0.6 is 0 Å². The molecule has 2 aromatic rings. The van der Waals surface area contributed by atoms with E-state index in [1.807, 2.05) is 31.2 Å². The summed E-state index contributed by atoms with van der Waals surface area (Å²) in [7, 11) is 0. The molecular weight excluding hydrogens is 302 g/mol. The lowest BCUT2D eigenvalue weighted by molar-refractivity contribution is -0.896. The molecule has 0 unspecified atom stereocenters. The Morgan fingerprint density at radius 3 is 2.62 bits per heavy atom. The van der Waals surface area contributed by atoms with Crippen LogP contribution in [0.5, 0.6) is 0 Å². The Morgan fingerprint density at radius 1 is 1.21 bits per heavy atom. The van der Waals surface area contributed by atoms with Crippen molar-refractivity contribution in [2.45, 2.75) is 39.7 Å². The second-order valence-electron chi connectivity index (χ2n) is 6.30. The lowest BCUT2D eigenvalue weighted by Gasteiger charge is -2.17. The summed E-state index contributed by atoms with van der Waals surface area (Å²) >= 11 is 0. The zero-order chi connectivity index (χ0) is 17.5. The molecule has 1 atom stereocenters. The Labute approximate surface area is 143 Å². The van der Waals surface area contributed by atoms with E-state index >= 15 is 0 Å². The molecule has 0 aliphatic carbocycles. The van der Waals surface area contributed by atoms with Crippen LogP contribution in [0.4, 0.5) is 0 Å². The molecule has 3 N–H and O–H groups in total. The van der Waals surface area contributed by atoms with Crippen molar-refractivity contribution in [2.75, 3.05) is 19.6 Å². The van der Waals surface area contributed by atoms with Crippen LogP contribution < -0.4 is 10.2 Å². The molecule has 1 amide bonds. The number of benzene rings is 1. The summed E-state index contributed by atoms with van der Waals surface area (Å²) in [6.07, 6.45) is 3.54. The van der Waals surface area contributed by atoms with Gasteiger partial charge in [0.2, 0.25) is 0 Å². The number of rotatable bonds is 9. The number of hydrogen-bond acceptors (Lipinski definition) is 2. The van der Waals surface area contributed by atoms with E-state index in [0.29, 0.717) is 5.56 Å². The standard InChI is InChI=1S/C19H27N3O2/c1-4-22(5-2)12-8-9-14(3)21-19(24)18(23)16-13-20-17-11-7-6-10-15(16)17/h6-7,10-11,13-14,20H,4-5,8-9,12H2,1-3H3,(H,21,24)/p+1/t14-/m1/s1. The average Bonchev–Trinajstić information content (AvgIpc) is 3.02. The fourth-order valence-electron chi connectivity index (χ4n) is 3.01. The second-order valence-corrected chi connectivity index (χ2v) is 6.30. The summed E-state index contributed by atoms with van der Waals surface area (Å²) in [6.45, 7) is 9.67. The summed E-state index contributed by atoms with van der Waals surface area (Å²) in [5, 5.41) is 3.62. The minimum Gasteiger partial charge on any atom is -0.360 e. The molecule has 0 saturated heterocycles. The van der Waals surface area contributed by atoms with Gasteiger partial charge < -0.3 is 15.2 Å². The lowest BCUT2D eigenvalue weighted by atomic mass is 10.1. The van der Waals surface area contributed by atoms with Crippen molar-refractivity contribution in [3.8, 4) is 0 Å². The average molecular weight is 330 g/mol. The Morgan fingerprint density at radius 2 is 1.92 bits per heavy atom. The molecule has 1 aromatic carbocycles. The molecule has 130 valence electrons. The summed E-state index contributed by atoms with van der Waals surface area (Å²) < 4.78 is 0. The third-order valence-electron chi connectivity index (χ3n) is 4.59. The van der Waals surface area contributed by atoms with Gasteiger partial charge in [0.05, 0.1) is 25.2 Å². The van der Waals surface area contributed by atoms with Crippen LogP contribution in [0.1, 0.15) is 44.0 Å². The maximum atomic E-state index is 12.4. The van der Waals surface area contributed by atoms with Gasteiger partial charge in [-0.25, -0.2) is 0 Å². The Bertz CT molecular complexity index is 689. The molecule has 1 aromatic heterocycles. The molecule has 0 aliphatic heterocycles. The quantitative estimate of drug-likeness (QED) is 0.482. The van der Waals surface area contributed by atoms with Crippen LogP contribution in [0.25, 0.3) is 10.9 Å². The highest BCUT2D eigenvalue weighted by molar-refractivity contribution is 6.45. The van der Waals surface area contributed by atoms with Crippen molar-refractivity contribution < 1.29 is 14.5 Å². The maximum absolute atomic E-state index is 12.4. The van der Waals surface area contributed by atoms with Crippen molar-refractivity contribution in [1.29, 1.82) is 0 Å². The normalized spacial score (nSPS) is 12.5. The van der Waals surface area contributed by atoms with E-state index in [2.05, 4.69) is 24.1 Å². The fourth-order valence-corrected chi connectivity index (χ4v) is 3.01. The number of quaternary nitrogens is 1. The summed E-state index contributed by atoms with van der Waals surface area (Å²) in [5.74, 6) is -1.00. The van der Waals surface area contributed by atoms with Gasteiger partial charge in [-0.15, -0.1) is 0 Å². The van der Waals surface area contributed by atoms with Crippen LogP contribution in [-0.4, -0.2) is 42.4 Å². The molecule has 0 radical (unpaired) electrons. The Kier molecular flexibility index (Phi) is 6.55. The van der Waals surface area contributed by atoms with E-state index in [9.17, 15) is 9.59 Å². The molecule has 0 fully saturated rings. The second kappa shape index (κ2) is 8.64. The smallest absolute Gasteiger partial charge is 0.292 e. The Hall–Kier alpha value is -2.14. The number of Topliss-reactive ketones (excluding diaryl/α,β-unsaturated/α-hetero) is 1. The van der Waals surface area contributed by atoms with Crippen LogP contribution in [0.2, 0.25) is 0 Å². The van der Waals surface area contributed by atoms with Gasteiger partial charge in [0, 0.05) is 23.1 Å². The van der Waals surface area contributed by atoms with E-state index in [1.54, 1.807) is 11.1 Å². The number of amides is 1.